The van der Waals surface area contributed by atoms with Crippen LogP contribution in [0.3, 0.4) is 0 Å². The molecule has 4 heteroatoms. The van der Waals surface area contributed by atoms with Gasteiger partial charge in [0.1, 0.15) is 17.5 Å². The van der Waals surface area contributed by atoms with Crippen LogP contribution >= 0.6 is 0 Å². The Balaban J connectivity index is 1.89. The Hall–Kier alpha value is -1.32. The Morgan fingerprint density at radius 2 is 1.81 bits per heavy atom. The van der Waals surface area contributed by atoms with Gasteiger partial charge in [0, 0.05) is 25.1 Å². The SMILES string of the molecule is CNc1cc(NCCCC2CCCC2)nc(C(C)(C)C)n1. The van der Waals surface area contributed by atoms with Crippen molar-refractivity contribution < 1.29 is 0 Å². The van der Waals surface area contributed by atoms with Gasteiger partial charge in [0.15, 0.2) is 0 Å². The van der Waals surface area contributed by atoms with Crippen LogP contribution in [0.4, 0.5) is 11.6 Å². The van der Waals surface area contributed by atoms with E-state index >= 15 is 0 Å². The Bertz CT molecular complexity index is 445. The summed E-state index contributed by atoms with van der Waals surface area (Å²) >= 11 is 0. The van der Waals surface area contributed by atoms with Crippen molar-refractivity contribution in [2.24, 2.45) is 5.92 Å². The van der Waals surface area contributed by atoms with Crippen LogP contribution in [0.1, 0.15) is 65.1 Å². The molecule has 1 aromatic rings. The summed E-state index contributed by atoms with van der Waals surface area (Å²) in [4.78, 5) is 9.21. The maximum atomic E-state index is 4.66. The second kappa shape index (κ2) is 7.10. The molecule has 1 saturated carbocycles. The van der Waals surface area contributed by atoms with Crippen molar-refractivity contribution in [2.75, 3.05) is 24.2 Å². The van der Waals surface area contributed by atoms with Crippen molar-refractivity contribution in [3.05, 3.63) is 11.9 Å². The lowest BCUT2D eigenvalue weighted by atomic mass is 9.96. The van der Waals surface area contributed by atoms with E-state index in [1.807, 2.05) is 13.1 Å². The minimum absolute atomic E-state index is 0.0346. The zero-order chi connectivity index (χ0) is 15.3. The molecular weight excluding hydrogens is 260 g/mol. The zero-order valence-corrected chi connectivity index (χ0v) is 14.0. The van der Waals surface area contributed by atoms with Crippen LogP contribution in [0, 0.1) is 5.92 Å². The van der Waals surface area contributed by atoms with Gasteiger partial charge in [0.05, 0.1) is 0 Å². The summed E-state index contributed by atoms with van der Waals surface area (Å²) in [7, 11) is 1.90. The fraction of sp³-hybridized carbons (Fsp3) is 0.765. The molecule has 1 fully saturated rings. The molecule has 0 amide bonds. The lowest BCUT2D eigenvalue weighted by Gasteiger charge is -2.19. The number of hydrogen-bond acceptors (Lipinski definition) is 4. The summed E-state index contributed by atoms with van der Waals surface area (Å²) < 4.78 is 0. The predicted octanol–water partition coefficient (Wildman–Crippen LogP) is 4.20. The predicted molar refractivity (Wildman–Crippen MR) is 90.0 cm³/mol. The first kappa shape index (κ1) is 16.1. The minimum Gasteiger partial charge on any atom is -0.373 e. The number of aromatic nitrogens is 2. The third kappa shape index (κ3) is 4.87. The first-order chi connectivity index (χ1) is 9.99. The molecule has 1 heterocycles. The second-order valence-electron chi connectivity index (χ2n) is 7.18. The number of nitrogens with zero attached hydrogens (tertiary/aromatic N) is 2. The van der Waals surface area contributed by atoms with E-state index in [9.17, 15) is 0 Å². The van der Waals surface area contributed by atoms with Crippen molar-refractivity contribution in [3.63, 3.8) is 0 Å². The summed E-state index contributed by atoms with van der Waals surface area (Å²) in [5, 5.41) is 6.59. The molecule has 1 aliphatic carbocycles. The average molecular weight is 290 g/mol. The highest BCUT2D eigenvalue weighted by Gasteiger charge is 2.19. The molecule has 1 aliphatic rings. The molecule has 0 aliphatic heterocycles. The molecule has 0 aromatic carbocycles. The number of hydrogen-bond donors (Lipinski definition) is 2. The molecule has 0 unspecified atom stereocenters. The fourth-order valence-corrected chi connectivity index (χ4v) is 2.91. The van der Waals surface area contributed by atoms with E-state index in [-0.39, 0.29) is 5.41 Å². The van der Waals surface area contributed by atoms with Gasteiger partial charge >= 0.3 is 0 Å². The van der Waals surface area contributed by atoms with Gasteiger partial charge in [-0.1, -0.05) is 46.5 Å². The third-order valence-corrected chi connectivity index (χ3v) is 4.22. The van der Waals surface area contributed by atoms with Crippen LogP contribution < -0.4 is 10.6 Å². The van der Waals surface area contributed by atoms with Crippen LogP contribution in [-0.2, 0) is 5.41 Å². The highest BCUT2D eigenvalue weighted by molar-refractivity contribution is 5.47. The van der Waals surface area contributed by atoms with E-state index in [0.29, 0.717) is 0 Å². The van der Waals surface area contributed by atoms with Crippen molar-refractivity contribution in [2.45, 2.75) is 64.7 Å². The van der Waals surface area contributed by atoms with Crippen molar-refractivity contribution in [1.29, 1.82) is 0 Å². The molecule has 0 atom stereocenters. The lowest BCUT2D eigenvalue weighted by Crippen LogP contribution is -2.18. The number of nitrogens with one attached hydrogen (secondary N) is 2. The molecule has 2 N–H and O–H groups in total. The van der Waals surface area contributed by atoms with Gasteiger partial charge in [-0.3, -0.25) is 0 Å². The van der Waals surface area contributed by atoms with Gasteiger partial charge < -0.3 is 10.6 Å². The highest BCUT2D eigenvalue weighted by atomic mass is 15.1. The van der Waals surface area contributed by atoms with E-state index in [1.54, 1.807) is 0 Å². The topological polar surface area (TPSA) is 49.8 Å². The summed E-state index contributed by atoms with van der Waals surface area (Å²) in [5.74, 6) is 3.67. The van der Waals surface area contributed by atoms with Crippen LogP contribution in [0.5, 0.6) is 0 Å². The summed E-state index contributed by atoms with van der Waals surface area (Å²) in [6.07, 6.45) is 8.32. The molecule has 118 valence electrons. The molecular formula is C17H30N4. The first-order valence-electron chi connectivity index (χ1n) is 8.30. The Kier molecular flexibility index (Phi) is 5.43. The summed E-state index contributed by atoms with van der Waals surface area (Å²) in [6.45, 7) is 7.43. The van der Waals surface area contributed by atoms with Gasteiger partial charge in [-0.25, -0.2) is 9.97 Å². The van der Waals surface area contributed by atoms with Gasteiger partial charge in [-0.2, -0.15) is 0 Å². The molecule has 0 bridgehead atoms. The largest absolute Gasteiger partial charge is 0.373 e. The van der Waals surface area contributed by atoms with E-state index < -0.39 is 0 Å². The Morgan fingerprint density at radius 3 is 2.43 bits per heavy atom. The maximum absolute atomic E-state index is 4.66. The lowest BCUT2D eigenvalue weighted by molar-refractivity contribution is 0.491. The average Bonchev–Trinajstić information content (AvgIpc) is 2.95. The standard InChI is InChI=1S/C17H30N4/c1-17(2,3)16-20-14(18-4)12-15(21-16)19-11-7-10-13-8-5-6-9-13/h12-13H,5-11H2,1-4H3,(H2,18,19,20,21). The van der Waals surface area contributed by atoms with Crippen LogP contribution in [0.25, 0.3) is 0 Å². The molecule has 0 saturated heterocycles. The van der Waals surface area contributed by atoms with E-state index in [2.05, 4.69) is 41.4 Å². The Morgan fingerprint density at radius 1 is 1.14 bits per heavy atom. The smallest absolute Gasteiger partial charge is 0.138 e. The van der Waals surface area contributed by atoms with E-state index in [1.165, 1.54) is 38.5 Å². The van der Waals surface area contributed by atoms with E-state index in [0.717, 1.165) is 29.9 Å². The quantitative estimate of drug-likeness (QED) is 0.771. The first-order valence-corrected chi connectivity index (χ1v) is 8.30. The molecule has 0 spiro atoms. The van der Waals surface area contributed by atoms with Crippen molar-refractivity contribution in [1.82, 2.24) is 9.97 Å². The summed E-state index contributed by atoms with van der Waals surface area (Å²) in [5.41, 5.74) is -0.0346. The molecule has 4 nitrogen and oxygen atoms in total. The number of rotatable bonds is 6. The van der Waals surface area contributed by atoms with Gasteiger partial charge in [0.2, 0.25) is 0 Å². The van der Waals surface area contributed by atoms with Crippen LogP contribution in [0.15, 0.2) is 6.07 Å². The molecule has 2 rings (SSSR count). The minimum atomic E-state index is -0.0346. The van der Waals surface area contributed by atoms with Crippen molar-refractivity contribution in [3.8, 4) is 0 Å². The Labute approximate surface area is 129 Å². The second-order valence-corrected chi connectivity index (χ2v) is 7.18. The van der Waals surface area contributed by atoms with Crippen LogP contribution in [-0.4, -0.2) is 23.6 Å². The fourth-order valence-electron chi connectivity index (χ4n) is 2.91. The summed E-state index contributed by atoms with van der Waals surface area (Å²) in [6, 6.07) is 1.99. The molecule has 0 radical (unpaired) electrons. The molecule has 21 heavy (non-hydrogen) atoms. The van der Waals surface area contributed by atoms with Gasteiger partial charge in [-0.15, -0.1) is 0 Å². The third-order valence-electron chi connectivity index (χ3n) is 4.22. The van der Waals surface area contributed by atoms with Gasteiger partial charge in [0.25, 0.3) is 0 Å². The van der Waals surface area contributed by atoms with Crippen LogP contribution in [0.2, 0.25) is 0 Å². The monoisotopic (exact) mass is 290 g/mol. The maximum Gasteiger partial charge on any atom is 0.138 e. The van der Waals surface area contributed by atoms with E-state index in [4.69, 9.17) is 0 Å². The molecule has 1 aromatic heterocycles. The van der Waals surface area contributed by atoms with Gasteiger partial charge in [-0.05, 0) is 18.8 Å². The highest BCUT2D eigenvalue weighted by Crippen LogP contribution is 2.28. The van der Waals surface area contributed by atoms with Crippen molar-refractivity contribution >= 4 is 11.6 Å². The zero-order valence-electron chi connectivity index (χ0n) is 14.0. The number of anilines is 2. The normalized spacial score (nSPS) is 16.2.